The zero-order valence-electron chi connectivity index (χ0n) is 13.1. The highest BCUT2D eigenvalue weighted by molar-refractivity contribution is 6.42. The zero-order chi connectivity index (χ0) is 16.7. The molecule has 2 atom stereocenters. The number of methoxy groups -OCH3 is 1. The molecule has 0 saturated heterocycles. The molecular weight excluding hydrogens is 337 g/mol. The Morgan fingerprint density at radius 1 is 1.35 bits per heavy atom. The van der Waals surface area contributed by atoms with Crippen molar-refractivity contribution in [2.24, 2.45) is 5.41 Å². The number of carbonyl (C=O) groups is 1. The predicted molar refractivity (Wildman–Crippen MR) is 89.9 cm³/mol. The molecule has 4 nitrogen and oxygen atoms in total. The smallest absolute Gasteiger partial charge is 0.413 e. The molecule has 0 N–H and O–H groups in total. The van der Waals surface area contributed by atoms with Gasteiger partial charge in [-0.1, -0.05) is 35.3 Å². The van der Waals surface area contributed by atoms with Gasteiger partial charge in [-0.05, 0) is 31.0 Å². The molecule has 1 aromatic carbocycles. The van der Waals surface area contributed by atoms with Crippen molar-refractivity contribution >= 4 is 29.3 Å². The fourth-order valence-corrected chi connectivity index (χ4v) is 3.93. The van der Waals surface area contributed by atoms with Crippen molar-refractivity contribution in [3.63, 3.8) is 0 Å². The summed E-state index contributed by atoms with van der Waals surface area (Å²) in [6.07, 6.45) is 4.44. The van der Waals surface area contributed by atoms with Gasteiger partial charge in [-0.2, -0.15) is 0 Å². The summed E-state index contributed by atoms with van der Waals surface area (Å²) in [5, 5.41) is 1.08. The van der Waals surface area contributed by atoms with E-state index in [0.29, 0.717) is 29.8 Å². The molecule has 3 rings (SSSR count). The Morgan fingerprint density at radius 3 is 2.78 bits per heavy atom. The number of carbonyl (C=O) groups excluding carboxylic acids is 1. The van der Waals surface area contributed by atoms with Crippen LogP contribution in [0.3, 0.4) is 0 Å². The van der Waals surface area contributed by atoms with Crippen molar-refractivity contribution < 1.29 is 14.3 Å². The van der Waals surface area contributed by atoms with Crippen LogP contribution in [-0.4, -0.2) is 37.9 Å². The summed E-state index contributed by atoms with van der Waals surface area (Å²) in [5.74, 6) is 0. The molecule has 1 aliphatic carbocycles. The number of hydrogen-bond donors (Lipinski definition) is 0. The van der Waals surface area contributed by atoms with Crippen molar-refractivity contribution in [2.45, 2.75) is 18.8 Å². The van der Waals surface area contributed by atoms with Gasteiger partial charge in [-0.15, -0.1) is 0 Å². The van der Waals surface area contributed by atoms with E-state index in [-0.39, 0.29) is 16.9 Å². The average Bonchev–Trinajstić information content (AvgIpc) is 3.19. The van der Waals surface area contributed by atoms with Gasteiger partial charge in [0.2, 0.25) is 0 Å². The van der Waals surface area contributed by atoms with Gasteiger partial charge in [-0.3, -0.25) is 4.90 Å². The maximum atomic E-state index is 12.0. The van der Waals surface area contributed by atoms with Crippen LogP contribution in [0.25, 0.3) is 0 Å². The highest BCUT2D eigenvalue weighted by Gasteiger charge is 2.68. The number of nitrogens with zero attached hydrogens (tertiary/aromatic N) is 1. The van der Waals surface area contributed by atoms with E-state index in [1.165, 1.54) is 0 Å². The van der Waals surface area contributed by atoms with Crippen LogP contribution in [0.15, 0.2) is 30.5 Å². The largest absolute Gasteiger partial charge is 0.449 e. The van der Waals surface area contributed by atoms with E-state index in [2.05, 4.69) is 6.08 Å². The molecule has 0 aromatic heterocycles. The number of hydrogen-bond acceptors (Lipinski definition) is 3. The van der Waals surface area contributed by atoms with E-state index in [9.17, 15) is 4.79 Å². The van der Waals surface area contributed by atoms with Gasteiger partial charge in [0.1, 0.15) is 0 Å². The lowest BCUT2D eigenvalue weighted by molar-refractivity contribution is 0.0843. The van der Waals surface area contributed by atoms with Gasteiger partial charge in [0.25, 0.3) is 0 Å². The van der Waals surface area contributed by atoms with Crippen LogP contribution in [-0.2, 0) is 14.9 Å². The molecule has 0 bridgehead atoms. The van der Waals surface area contributed by atoms with E-state index in [1.807, 2.05) is 18.2 Å². The Balaban J connectivity index is 1.94. The lowest BCUT2D eigenvalue weighted by Gasteiger charge is -2.32. The maximum Gasteiger partial charge on any atom is 0.413 e. The van der Waals surface area contributed by atoms with Gasteiger partial charge >= 0.3 is 6.09 Å². The number of amides is 1. The minimum Gasteiger partial charge on any atom is -0.449 e. The third-order valence-electron chi connectivity index (χ3n) is 4.81. The molecule has 124 valence electrons. The fourth-order valence-electron chi connectivity index (χ4n) is 3.63. The third-order valence-corrected chi connectivity index (χ3v) is 5.55. The SMILES string of the molecule is CCOC(=O)N1C=C[C@@]2(c3ccc(Cl)c(Cl)c3)C[C@@]2(COC)C1. The van der Waals surface area contributed by atoms with E-state index in [1.54, 1.807) is 25.1 Å². The van der Waals surface area contributed by atoms with Gasteiger partial charge < -0.3 is 9.47 Å². The second-order valence-corrected chi connectivity index (χ2v) is 6.95. The molecule has 23 heavy (non-hydrogen) atoms. The molecule has 1 aliphatic heterocycles. The van der Waals surface area contributed by atoms with E-state index >= 15 is 0 Å². The predicted octanol–water partition coefficient (Wildman–Crippen LogP) is 4.25. The van der Waals surface area contributed by atoms with Crippen LogP contribution in [0.2, 0.25) is 10.0 Å². The molecule has 1 amide bonds. The average molecular weight is 356 g/mol. The van der Waals surface area contributed by atoms with Crippen LogP contribution in [0.5, 0.6) is 0 Å². The Morgan fingerprint density at radius 2 is 2.13 bits per heavy atom. The van der Waals surface area contributed by atoms with Crippen LogP contribution >= 0.6 is 23.2 Å². The first kappa shape index (κ1) is 16.6. The van der Waals surface area contributed by atoms with Gasteiger partial charge in [0, 0.05) is 30.7 Å². The topological polar surface area (TPSA) is 38.8 Å². The number of ether oxygens (including phenoxy) is 2. The van der Waals surface area contributed by atoms with Crippen LogP contribution in [0, 0.1) is 5.41 Å². The molecule has 2 aliphatic rings. The second kappa shape index (κ2) is 6.00. The van der Waals surface area contributed by atoms with Gasteiger partial charge in [0.05, 0.1) is 23.3 Å². The second-order valence-electron chi connectivity index (χ2n) is 6.13. The number of fused-ring (bicyclic) bond motifs is 1. The highest BCUT2D eigenvalue weighted by Crippen LogP contribution is 2.67. The quantitative estimate of drug-likeness (QED) is 0.810. The molecule has 6 heteroatoms. The lowest BCUT2D eigenvalue weighted by atomic mass is 9.84. The van der Waals surface area contributed by atoms with Crippen LogP contribution in [0.1, 0.15) is 18.9 Å². The van der Waals surface area contributed by atoms with Gasteiger partial charge in [-0.25, -0.2) is 4.79 Å². The summed E-state index contributed by atoms with van der Waals surface area (Å²) in [4.78, 5) is 13.6. The summed E-state index contributed by atoms with van der Waals surface area (Å²) in [7, 11) is 1.68. The maximum absolute atomic E-state index is 12.0. The Bertz CT molecular complexity index is 663. The number of allylic oxidation sites excluding steroid dienone is 1. The standard InChI is InChI=1S/C17H19Cl2NO3/c1-3-23-15(21)20-7-6-17(9-16(17,10-20)11-22-2)12-4-5-13(18)14(19)8-12/h4-8H,3,9-11H2,1-2H3/t16-,17-/m0/s1. The Hall–Kier alpha value is -1.23. The zero-order valence-corrected chi connectivity index (χ0v) is 14.7. The molecule has 0 radical (unpaired) electrons. The summed E-state index contributed by atoms with van der Waals surface area (Å²) in [5.41, 5.74) is 0.782. The van der Waals surface area contributed by atoms with E-state index in [4.69, 9.17) is 32.7 Å². The van der Waals surface area contributed by atoms with E-state index < -0.39 is 0 Å². The summed E-state index contributed by atoms with van der Waals surface area (Å²) in [6, 6.07) is 5.72. The number of halogens is 2. The summed E-state index contributed by atoms with van der Waals surface area (Å²) in [6.45, 7) is 3.29. The first-order valence-corrected chi connectivity index (χ1v) is 8.31. The van der Waals surface area contributed by atoms with Crippen LogP contribution < -0.4 is 0 Å². The highest BCUT2D eigenvalue weighted by atomic mass is 35.5. The lowest BCUT2D eigenvalue weighted by Crippen LogP contribution is -2.40. The Labute approximate surface area is 145 Å². The number of rotatable bonds is 4. The fraction of sp³-hybridized carbons (Fsp3) is 0.471. The molecular formula is C17H19Cl2NO3. The van der Waals surface area contributed by atoms with Crippen molar-refractivity contribution in [3.8, 4) is 0 Å². The van der Waals surface area contributed by atoms with E-state index in [0.717, 1.165) is 12.0 Å². The van der Waals surface area contributed by atoms with Crippen molar-refractivity contribution in [2.75, 3.05) is 26.9 Å². The first-order valence-electron chi connectivity index (χ1n) is 7.55. The van der Waals surface area contributed by atoms with Gasteiger partial charge in [0.15, 0.2) is 0 Å². The van der Waals surface area contributed by atoms with Crippen LogP contribution in [0.4, 0.5) is 4.79 Å². The molecule has 0 spiro atoms. The molecule has 1 aromatic rings. The third kappa shape index (κ3) is 2.63. The normalized spacial score (nSPS) is 28.4. The number of benzene rings is 1. The van der Waals surface area contributed by atoms with Crippen molar-refractivity contribution in [1.82, 2.24) is 4.90 Å². The first-order chi connectivity index (χ1) is 11.0. The molecule has 1 heterocycles. The summed E-state index contributed by atoms with van der Waals surface area (Å²) >= 11 is 12.2. The van der Waals surface area contributed by atoms with Crippen molar-refractivity contribution in [3.05, 3.63) is 46.1 Å². The summed E-state index contributed by atoms with van der Waals surface area (Å²) < 4.78 is 10.5. The Kier molecular flexibility index (Phi) is 4.34. The molecule has 0 unspecified atom stereocenters. The minimum absolute atomic E-state index is 0.152. The molecule has 1 saturated carbocycles. The van der Waals surface area contributed by atoms with Crippen molar-refractivity contribution in [1.29, 1.82) is 0 Å². The monoisotopic (exact) mass is 355 g/mol. The minimum atomic E-state index is -0.325. The molecule has 1 fully saturated rings.